The van der Waals surface area contributed by atoms with Crippen LogP contribution in [0.15, 0.2) is 18.7 Å². The van der Waals surface area contributed by atoms with E-state index in [4.69, 9.17) is 4.74 Å². The molecule has 1 rings (SSSR count). The Labute approximate surface area is 71.7 Å². The summed E-state index contributed by atoms with van der Waals surface area (Å²) in [5.41, 5.74) is 0. The number of aryl methyl sites for hydroxylation is 1. The Balaban J connectivity index is 2.22. The highest BCUT2D eigenvalue weighted by atomic mass is 16.5. The summed E-state index contributed by atoms with van der Waals surface area (Å²) in [6, 6.07) is 0. The number of allylic oxidation sites excluding steroid dienone is 1. The first kappa shape index (κ1) is 8.77. The third kappa shape index (κ3) is 2.74. The van der Waals surface area contributed by atoms with Gasteiger partial charge in [0, 0.05) is 12.8 Å². The highest BCUT2D eigenvalue weighted by Gasteiger charge is 1.98. The number of aromatic nitrogens is 3. The second kappa shape index (κ2) is 4.54. The summed E-state index contributed by atoms with van der Waals surface area (Å²) in [5, 5.41) is 6.52. The lowest BCUT2D eigenvalue weighted by molar-refractivity contribution is 0.220. The molecule has 0 bridgehead atoms. The maximum atomic E-state index is 5.18. The molecule has 0 aliphatic carbocycles. The minimum absolute atomic E-state index is 0.676. The molecule has 1 aromatic heterocycles. The topological polar surface area (TPSA) is 50.8 Å². The fourth-order valence-electron chi connectivity index (χ4n) is 0.885. The van der Waals surface area contributed by atoms with Crippen LogP contribution in [0.25, 0.3) is 0 Å². The largest absolute Gasteiger partial charge is 0.499 e. The maximum absolute atomic E-state index is 5.18. The van der Waals surface area contributed by atoms with Crippen LogP contribution in [-0.2, 0) is 11.2 Å². The van der Waals surface area contributed by atoms with E-state index in [9.17, 15) is 0 Å². The van der Waals surface area contributed by atoms with Crippen LogP contribution < -0.4 is 0 Å². The summed E-state index contributed by atoms with van der Waals surface area (Å²) in [5.74, 6) is 1.67. The van der Waals surface area contributed by atoms with E-state index in [0.29, 0.717) is 6.61 Å². The van der Waals surface area contributed by atoms with Crippen molar-refractivity contribution >= 4 is 0 Å². The molecule has 0 radical (unpaired) electrons. The molecule has 66 valence electrons. The molecular formula is C8H13N3O. The predicted molar refractivity (Wildman–Crippen MR) is 45.5 cm³/mol. The van der Waals surface area contributed by atoms with Gasteiger partial charge in [-0.1, -0.05) is 6.58 Å². The van der Waals surface area contributed by atoms with Gasteiger partial charge in [-0.25, -0.2) is 4.98 Å². The van der Waals surface area contributed by atoms with Gasteiger partial charge >= 0.3 is 0 Å². The van der Waals surface area contributed by atoms with Gasteiger partial charge in [0.1, 0.15) is 12.2 Å². The second-order valence-corrected chi connectivity index (χ2v) is 2.40. The molecule has 4 heteroatoms. The zero-order chi connectivity index (χ0) is 8.81. The number of nitrogens with zero attached hydrogens (tertiary/aromatic N) is 2. The van der Waals surface area contributed by atoms with Crippen molar-refractivity contribution in [1.82, 2.24) is 15.2 Å². The van der Waals surface area contributed by atoms with E-state index in [0.717, 1.165) is 24.4 Å². The van der Waals surface area contributed by atoms with Gasteiger partial charge in [0.15, 0.2) is 0 Å². The third-order valence-corrected chi connectivity index (χ3v) is 1.45. The maximum Gasteiger partial charge on any atom is 0.137 e. The van der Waals surface area contributed by atoms with Crippen molar-refractivity contribution in [3.63, 3.8) is 0 Å². The van der Waals surface area contributed by atoms with E-state index >= 15 is 0 Å². The molecule has 1 N–H and O–H groups in total. The smallest absolute Gasteiger partial charge is 0.137 e. The van der Waals surface area contributed by atoms with Gasteiger partial charge in [-0.15, -0.1) is 0 Å². The molecule has 0 aromatic carbocycles. The molecule has 0 aliphatic rings. The van der Waals surface area contributed by atoms with E-state index in [-0.39, 0.29) is 0 Å². The first-order valence-corrected chi connectivity index (χ1v) is 3.97. The molecule has 0 amide bonds. The van der Waals surface area contributed by atoms with Crippen molar-refractivity contribution in [3.8, 4) is 0 Å². The van der Waals surface area contributed by atoms with Crippen LogP contribution >= 0.6 is 0 Å². The molecule has 1 heterocycles. The summed E-state index contributed by atoms with van der Waals surface area (Å²) in [4.78, 5) is 3.98. The molecular weight excluding hydrogens is 154 g/mol. The summed E-state index contributed by atoms with van der Waals surface area (Å²) < 4.78 is 5.18. The molecule has 0 saturated heterocycles. The number of rotatable bonds is 5. The van der Waals surface area contributed by atoms with Gasteiger partial charge in [-0.2, -0.15) is 5.10 Å². The molecule has 12 heavy (non-hydrogen) atoms. The average molecular weight is 167 g/mol. The van der Waals surface area contributed by atoms with E-state index in [2.05, 4.69) is 21.8 Å². The molecule has 1 aromatic rings. The molecule has 0 spiro atoms. The lowest BCUT2D eigenvalue weighted by Crippen LogP contribution is -1.94. The number of H-pyrrole nitrogens is 1. The summed E-state index contributed by atoms with van der Waals surface area (Å²) in [7, 11) is 0. The van der Waals surface area contributed by atoms with Gasteiger partial charge in [0.05, 0.1) is 12.4 Å². The quantitative estimate of drug-likeness (QED) is 0.672. The van der Waals surface area contributed by atoms with Crippen LogP contribution in [0, 0.1) is 0 Å². The first-order chi connectivity index (χ1) is 5.83. The van der Waals surface area contributed by atoms with Crippen LogP contribution in [-0.4, -0.2) is 21.8 Å². The third-order valence-electron chi connectivity index (χ3n) is 1.45. The van der Waals surface area contributed by atoms with E-state index in [1.807, 2.05) is 6.92 Å². The lowest BCUT2D eigenvalue weighted by atomic mass is 10.3. The molecule has 4 nitrogen and oxygen atoms in total. The number of nitrogens with one attached hydrogen (secondary N) is 1. The van der Waals surface area contributed by atoms with Crippen LogP contribution in [0.2, 0.25) is 0 Å². The van der Waals surface area contributed by atoms with Gasteiger partial charge in [0.2, 0.25) is 0 Å². The molecule has 0 unspecified atom stereocenters. The van der Waals surface area contributed by atoms with Gasteiger partial charge in [0.25, 0.3) is 0 Å². The number of ether oxygens (including phenoxy) is 1. The summed E-state index contributed by atoms with van der Waals surface area (Å²) in [6.07, 6.45) is 3.10. The zero-order valence-corrected chi connectivity index (χ0v) is 7.21. The number of hydrogen-bond donors (Lipinski definition) is 1. The standard InChI is InChI=1S/C8H13N3O/c1-3-12-7(2)4-5-8-9-6-10-11-8/h6H,2-5H2,1H3,(H,9,10,11). The highest BCUT2D eigenvalue weighted by molar-refractivity contribution is 4.89. The number of hydrogen-bond acceptors (Lipinski definition) is 3. The Morgan fingerprint density at radius 2 is 2.58 bits per heavy atom. The van der Waals surface area contributed by atoms with Crippen molar-refractivity contribution in [2.45, 2.75) is 19.8 Å². The monoisotopic (exact) mass is 167 g/mol. The molecule has 0 saturated carbocycles. The van der Waals surface area contributed by atoms with Gasteiger partial charge in [-0.3, -0.25) is 5.10 Å². The van der Waals surface area contributed by atoms with E-state index < -0.39 is 0 Å². The Bertz CT molecular complexity index is 230. The van der Waals surface area contributed by atoms with Crippen LogP contribution in [0.3, 0.4) is 0 Å². The summed E-state index contributed by atoms with van der Waals surface area (Å²) in [6.45, 7) is 6.38. The van der Waals surface area contributed by atoms with Gasteiger partial charge in [-0.05, 0) is 6.92 Å². The predicted octanol–water partition coefficient (Wildman–Crippen LogP) is 1.29. The van der Waals surface area contributed by atoms with Crippen molar-refractivity contribution in [1.29, 1.82) is 0 Å². The van der Waals surface area contributed by atoms with Gasteiger partial charge < -0.3 is 4.74 Å². The SMILES string of the molecule is C=C(CCc1ncn[nH]1)OCC. The van der Waals surface area contributed by atoms with Crippen molar-refractivity contribution in [2.75, 3.05) is 6.61 Å². The minimum atomic E-state index is 0.676. The Morgan fingerprint density at radius 3 is 3.17 bits per heavy atom. The highest BCUT2D eigenvalue weighted by Crippen LogP contribution is 2.03. The Kier molecular flexibility index (Phi) is 3.32. The first-order valence-electron chi connectivity index (χ1n) is 3.97. The van der Waals surface area contributed by atoms with Crippen LogP contribution in [0.4, 0.5) is 0 Å². The average Bonchev–Trinajstić information content (AvgIpc) is 2.53. The zero-order valence-electron chi connectivity index (χ0n) is 7.21. The van der Waals surface area contributed by atoms with Crippen molar-refractivity contribution < 1.29 is 4.74 Å². The fraction of sp³-hybridized carbons (Fsp3) is 0.500. The molecule has 0 fully saturated rings. The van der Waals surface area contributed by atoms with E-state index in [1.54, 1.807) is 0 Å². The van der Waals surface area contributed by atoms with Crippen LogP contribution in [0.5, 0.6) is 0 Å². The van der Waals surface area contributed by atoms with Crippen molar-refractivity contribution in [2.24, 2.45) is 0 Å². The Hall–Kier alpha value is -1.32. The Morgan fingerprint density at radius 1 is 1.75 bits per heavy atom. The molecule has 0 atom stereocenters. The minimum Gasteiger partial charge on any atom is -0.499 e. The second-order valence-electron chi connectivity index (χ2n) is 2.40. The lowest BCUT2D eigenvalue weighted by Gasteiger charge is -2.04. The molecule has 0 aliphatic heterocycles. The van der Waals surface area contributed by atoms with E-state index in [1.165, 1.54) is 6.33 Å². The normalized spacial score (nSPS) is 9.75. The van der Waals surface area contributed by atoms with Crippen LogP contribution in [0.1, 0.15) is 19.2 Å². The fourth-order valence-corrected chi connectivity index (χ4v) is 0.885. The number of aromatic amines is 1. The summed E-state index contributed by atoms with van der Waals surface area (Å²) >= 11 is 0. The van der Waals surface area contributed by atoms with Crippen molar-refractivity contribution in [3.05, 3.63) is 24.5 Å².